The number of carbonyl (C=O) groups is 2. The number of carboxylic acid groups (broad SMARTS) is 1. The van der Waals surface area contributed by atoms with Gasteiger partial charge in [0.05, 0.1) is 10.6 Å². The second-order valence-corrected chi connectivity index (χ2v) is 6.92. The van der Waals surface area contributed by atoms with Gasteiger partial charge in [-0.3, -0.25) is 13.9 Å². The van der Waals surface area contributed by atoms with E-state index in [0.29, 0.717) is 9.99 Å². The third-order valence-electron chi connectivity index (χ3n) is 3.16. The zero-order valence-electron chi connectivity index (χ0n) is 13.1. The van der Waals surface area contributed by atoms with Crippen molar-refractivity contribution in [1.82, 2.24) is 0 Å². The van der Waals surface area contributed by atoms with Crippen LogP contribution in [0.25, 0.3) is 0 Å². The number of sulfonamides is 1. The van der Waals surface area contributed by atoms with Crippen molar-refractivity contribution in [2.24, 2.45) is 0 Å². The van der Waals surface area contributed by atoms with Gasteiger partial charge < -0.3 is 10.4 Å². The fourth-order valence-electron chi connectivity index (χ4n) is 2.12. The molecular weight excluding hydrogens is 351 g/mol. The zero-order valence-corrected chi connectivity index (χ0v) is 14.0. The van der Waals surface area contributed by atoms with Gasteiger partial charge in [-0.2, -0.15) is 0 Å². The predicted molar refractivity (Wildman–Crippen MR) is 89.3 cm³/mol. The minimum absolute atomic E-state index is 0.230. The lowest BCUT2D eigenvalue weighted by atomic mass is 10.3. The first-order chi connectivity index (χ1) is 11.7. The third-order valence-corrected chi connectivity index (χ3v) is 4.94. The van der Waals surface area contributed by atoms with E-state index in [1.165, 1.54) is 49.4 Å². The number of amides is 1. The number of hydrogen-bond acceptors (Lipinski definition) is 4. The highest BCUT2D eigenvalue weighted by molar-refractivity contribution is 7.92. The molecule has 2 aromatic rings. The largest absolute Gasteiger partial charge is 0.480 e. The van der Waals surface area contributed by atoms with E-state index >= 15 is 0 Å². The molecule has 2 aromatic carbocycles. The number of halogens is 1. The molecule has 0 aliphatic carbocycles. The van der Waals surface area contributed by atoms with E-state index < -0.39 is 28.4 Å². The number of carbonyl (C=O) groups excluding carboxylic acids is 1. The fraction of sp³-hybridized carbons (Fsp3) is 0.125. The SMILES string of the molecule is CC(=O)Nc1ccc(S(=O)(=O)N(CC(=O)O)c2ccccc2F)cc1. The van der Waals surface area contributed by atoms with Gasteiger partial charge in [-0.1, -0.05) is 12.1 Å². The molecule has 0 atom stereocenters. The van der Waals surface area contributed by atoms with E-state index in [9.17, 15) is 22.4 Å². The molecule has 0 aliphatic rings. The van der Waals surface area contributed by atoms with Gasteiger partial charge in [0.15, 0.2) is 0 Å². The van der Waals surface area contributed by atoms with Crippen molar-refractivity contribution in [2.75, 3.05) is 16.2 Å². The minimum Gasteiger partial charge on any atom is -0.480 e. The summed E-state index contributed by atoms with van der Waals surface area (Å²) in [6, 6.07) is 10.1. The summed E-state index contributed by atoms with van der Waals surface area (Å²) in [5, 5.41) is 11.5. The summed E-state index contributed by atoms with van der Waals surface area (Å²) < 4.78 is 40.0. The van der Waals surface area contributed by atoms with Crippen LogP contribution in [0.5, 0.6) is 0 Å². The molecule has 132 valence electrons. The standard InChI is InChI=1S/C16H15FN2O5S/c1-11(20)18-12-6-8-13(9-7-12)25(23,24)19(10-16(21)22)15-5-3-2-4-14(15)17/h2-9H,10H2,1H3,(H,18,20)(H,21,22). The number of nitrogens with one attached hydrogen (secondary N) is 1. The van der Waals surface area contributed by atoms with E-state index in [-0.39, 0.29) is 16.5 Å². The minimum atomic E-state index is -4.32. The van der Waals surface area contributed by atoms with Crippen LogP contribution in [0.15, 0.2) is 53.4 Å². The molecule has 0 heterocycles. The molecule has 0 spiro atoms. The highest BCUT2D eigenvalue weighted by Crippen LogP contribution is 2.26. The van der Waals surface area contributed by atoms with Gasteiger partial charge in [-0.05, 0) is 36.4 Å². The molecule has 0 fully saturated rings. The number of hydrogen-bond donors (Lipinski definition) is 2. The van der Waals surface area contributed by atoms with Crippen molar-refractivity contribution in [2.45, 2.75) is 11.8 Å². The zero-order chi connectivity index (χ0) is 18.6. The van der Waals surface area contributed by atoms with Crippen LogP contribution in [0.3, 0.4) is 0 Å². The van der Waals surface area contributed by atoms with E-state index in [4.69, 9.17) is 5.11 Å². The summed E-state index contributed by atoms with van der Waals surface area (Å²) >= 11 is 0. The molecule has 25 heavy (non-hydrogen) atoms. The van der Waals surface area contributed by atoms with Crippen LogP contribution < -0.4 is 9.62 Å². The molecular formula is C16H15FN2O5S. The average Bonchev–Trinajstić information content (AvgIpc) is 2.53. The molecule has 0 bridgehead atoms. The van der Waals surface area contributed by atoms with Crippen molar-refractivity contribution in [3.05, 3.63) is 54.3 Å². The van der Waals surface area contributed by atoms with E-state index in [2.05, 4.69) is 5.32 Å². The maximum absolute atomic E-state index is 14.0. The van der Waals surface area contributed by atoms with Crippen molar-refractivity contribution in [3.63, 3.8) is 0 Å². The summed E-state index contributed by atoms with van der Waals surface area (Å²) in [5.41, 5.74) is 0.0120. The molecule has 2 N–H and O–H groups in total. The third kappa shape index (κ3) is 4.32. The number of aliphatic carboxylic acids is 1. The van der Waals surface area contributed by atoms with Crippen molar-refractivity contribution < 1.29 is 27.5 Å². The second-order valence-electron chi connectivity index (χ2n) is 5.06. The van der Waals surface area contributed by atoms with Crippen LogP contribution in [0.4, 0.5) is 15.8 Å². The molecule has 0 saturated heterocycles. The summed E-state index contributed by atoms with van der Waals surface area (Å²) in [4.78, 5) is 21.8. The Labute approximate surface area is 143 Å². The van der Waals surface area contributed by atoms with Crippen molar-refractivity contribution in [1.29, 1.82) is 0 Å². The number of para-hydroxylation sites is 1. The predicted octanol–water partition coefficient (Wildman–Crippen LogP) is 2.06. The van der Waals surface area contributed by atoms with Gasteiger partial charge in [0.25, 0.3) is 10.0 Å². The number of anilines is 2. The van der Waals surface area contributed by atoms with Gasteiger partial charge in [0, 0.05) is 12.6 Å². The average molecular weight is 366 g/mol. The van der Waals surface area contributed by atoms with Crippen LogP contribution >= 0.6 is 0 Å². The fourth-order valence-corrected chi connectivity index (χ4v) is 3.54. The van der Waals surface area contributed by atoms with Gasteiger partial charge in [0.1, 0.15) is 12.4 Å². The quantitative estimate of drug-likeness (QED) is 0.814. The number of benzene rings is 2. The maximum atomic E-state index is 14.0. The van der Waals surface area contributed by atoms with Crippen LogP contribution in [0.2, 0.25) is 0 Å². The lowest BCUT2D eigenvalue weighted by Gasteiger charge is -2.23. The molecule has 9 heteroatoms. The lowest BCUT2D eigenvalue weighted by molar-refractivity contribution is -0.135. The van der Waals surface area contributed by atoms with Gasteiger partial charge in [-0.15, -0.1) is 0 Å². The Bertz CT molecular complexity index is 897. The molecule has 2 rings (SSSR count). The Morgan fingerprint density at radius 1 is 1.12 bits per heavy atom. The van der Waals surface area contributed by atoms with Crippen LogP contribution in [0, 0.1) is 5.82 Å². The molecule has 0 aliphatic heterocycles. The second kappa shape index (κ2) is 7.31. The number of carboxylic acids is 1. The Balaban J connectivity index is 2.46. The summed E-state index contributed by atoms with van der Waals surface area (Å²) in [6.45, 7) is 0.369. The van der Waals surface area contributed by atoms with Crippen molar-refractivity contribution in [3.8, 4) is 0 Å². The Morgan fingerprint density at radius 2 is 1.72 bits per heavy atom. The molecule has 0 unspecified atom stereocenters. The van der Waals surface area contributed by atoms with E-state index in [1.807, 2.05) is 0 Å². The molecule has 0 saturated carbocycles. The van der Waals surface area contributed by atoms with Crippen molar-refractivity contribution >= 4 is 33.3 Å². The lowest BCUT2D eigenvalue weighted by Crippen LogP contribution is -2.36. The molecule has 0 aromatic heterocycles. The Morgan fingerprint density at radius 3 is 2.24 bits per heavy atom. The summed E-state index contributed by atoms with van der Waals surface area (Å²) in [6.07, 6.45) is 0. The number of nitrogens with zero attached hydrogens (tertiary/aromatic N) is 1. The summed E-state index contributed by atoms with van der Waals surface area (Å²) in [7, 11) is -4.32. The Kier molecular flexibility index (Phi) is 5.38. The Hall–Kier alpha value is -2.94. The van der Waals surface area contributed by atoms with Crippen LogP contribution in [0.1, 0.15) is 6.92 Å². The molecule has 7 nitrogen and oxygen atoms in total. The molecule has 1 amide bonds. The highest BCUT2D eigenvalue weighted by atomic mass is 32.2. The number of rotatable bonds is 6. The highest BCUT2D eigenvalue weighted by Gasteiger charge is 2.29. The van der Waals surface area contributed by atoms with E-state index in [1.54, 1.807) is 0 Å². The first-order valence-electron chi connectivity index (χ1n) is 7.08. The first kappa shape index (κ1) is 18.4. The van der Waals surface area contributed by atoms with Crippen LogP contribution in [-0.4, -0.2) is 31.9 Å². The van der Waals surface area contributed by atoms with E-state index in [0.717, 1.165) is 6.07 Å². The van der Waals surface area contributed by atoms with Gasteiger partial charge >= 0.3 is 5.97 Å². The van der Waals surface area contributed by atoms with Crippen LogP contribution in [-0.2, 0) is 19.6 Å². The topological polar surface area (TPSA) is 104 Å². The van der Waals surface area contributed by atoms with Gasteiger partial charge in [-0.25, -0.2) is 12.8 Å². The maximum Gasteiger partial charge on any atom is 0.324 e. The normalized spacial score (nSPS) is 11.0. The first-order valence-corrected chi connectivity index (χ1v) is 8.52. The monoisotopic (exact) mass is 366 g/mol. The smallest absolute Gasteiger partial charge is 0.324 e. The summed E-state index contributed by atoms with van der Waals surface area (Å²) in [5.74, 6) is -2.61. The molecule has 0 radical (unpaired) electrons. The van der Waals surface area contributed by atoms with Gasteiger partial charge in [0.2, 0.25) is 5.91 Å².